The fourth-order valence-corrected chi connectivity index (χ4v) is 3.43. The van der Waals surface area contributed by atoms with Crippen LogP contribution in [0.3, 0.4) is 0 Å². The Hall–Kier alpha value is -0.620. The molecule has 1 aliphatic rings. The van der Waals surface area contributed by atoms with E-state index in [0.717, 1.165) is 0 Å². The average molecular weight is 236 g/mol. The summed E-state index contributed by atoms with van der Waals surface area (Å²) in [6, 6.07) is 0. The van der Waals surface area contributed by atoms with Crippen LogP contribution in [0.25, 0.3) is 0 Å². The van der Waals surface area contributed by atoms with Gasteiger partial charge in [-0.05, 0) is 19.8 Å². The third kappa shape index (κ3) is 3.46. The first kappa shape index (κ1) is 12.4. The highest BCUT2D eigenvalue weighted by molar-refractivity contribution is 7.91. The van der Waals surface area contributed by atoms with E-state index in [-0.39, 0.29) is 30.8 Å². The highest BCUT2D eigenvalue weighted by atomic mass is 32.2. The number of carbonyl (C=O) groups is 1. The molecule has 0 aromatic heterocycles. The minimum Gasteiger partial charge on any atom is -0.481 e. The standard InChI is InChI=1S/C9H16O5S/c1-2-14-9(7-8(10)11)3-5-15(12,13)6-4-9/h2-7H2,1H3,(H,10,11). The molecule has 0 aromatic carbocycles. The van der Waals surface area contributed by atoms with Gasteiger partial charge in [0.1, 0.15) is 0 Å². The first-order chi connectivity index (χ1) is 6.89. The lowest BCUT2D eigenvalue weighted by Crippen LogP contribution is -2.43. The Balaban J connectivity index is 2.72. The van der Waals surface area contributed by atoms with Crippen LogP contribution in [0.15, 0.2) is 0 Å². The van der Waals surface area contributed by atoms with Crippen LogP contribution in [0.5, 0.6) is 0 Å². The number of carboxylic acid groups (broad SMARTS) is 1. The second-order valence-electron chi connectivity index (χ2n) is 3.84. The third-order valence-electron chi connectivity index (χ3n) is 2.66. The van der Waals surface area contributed by atoms with Gasteiger partial charge >= 0.3 is 5.97 Å². The Bertz CT molecular complexity index is 318. The van der Waals surface area contributed by atoms with Crippen LogP contribution in [0.4, 0.5) is 0 Å². The van der Waals surface area contributed by atoms with Crippen molar-refractivity contribution in [1.82, 2.24) is 0 Å². The van der Waals surface area contributed by atoms with Crippen LogP contribution in [0.2, 0.25) is 0 Å². The topological polar surface area (TPSA) is 80.7 Å². The summed E-state index contributed by atoms with van der Waals surface area (Å²) in [7, 11) is -2.98. The number of ether oxygens (including phenoxy) is 1. The molecular weight excluding hydrogens is 220 g/mol. The van der Waals surface area contributed by atoms with Crippen molar-refractivity contribution >= 4 is 15.8 Å². The van der Waals surface area contributed by atoms with E-state index in [9.17, 15) is 13.2 Å². The molecule has 0 saturated carbocycles. The molecule has 1 saturated heterocycles. The summed E-state index contributed by atoms with van der Waals surface area (Å²) in [6.45, 7) is 2.19. The molecule has 0 amide bonds. The lowest BCUT2D eigenvalue weighted by molar-refractivity contribution is -0.146. The van der Waals surface area contributed by atoms with E-state index < -0.39 is 21.4 Å². The highest BCUT2D eigenvalue weighted by Crippen LogP contribution is 2.30. The van der Waals surface area contributed by atoms with Gasteiger partial charge in [-0.25, -0.2) is 8.42 Å². The number of aliphatic carboxylic acids is 1. The molecule has 0 aliphatic carbocycles. The molecule has 6 heteroatoms. The third-order valence-corrected chi connectivity index (χ3v) is 4.31. The lowest BCUT2D eigenvalue weighted by Gasteiger charge is -2.35. The molecule has 0 atom stereocenters. The predicted molar refractivity (Wildman–Crippen MR) is 54.5 cm³/mol. The maximum absolute atomic E-state index is 11.2. The van der Waals surface area contributed by atoms with Gasteiger partial charge in [0.25, 0.3) is 0 Å². The molecule has 1 aliphatic heterocycles. The summed E-state index contributed by atoms with van der Waals surface area (Å²) >= 11 is 0. The van der Waals surface area contributed by atoms with Gasteiger partial charge in [0.2, 0.25) is 0 Å². The van der Waals surface area contributed by atoms with E-state index in [2.05, 4.69) is 0 Å². The normalized spacial score (nSPS) is 23.5. The number of hydrogen-bond donors (Lipinski definition) is 1. The quantitative estimate of drug-likeness (QED) is 0.766. The van der Waals surface area contributed by atoms with Crippen molar-refractivity contribution in [3.63, 3.8) is 0 Å². The summed E-state index contributed by atoms with van der Waals surface area (Å²) < 4.78 is 27.9. The maximum Gasteiger partial charge on any atom is 0.306 e. The molecule has 0 aromatic rings. The van der Waals surface area contributed by atoms with E-state index in [0.29, 0.717) is 6.61 Å². The van der Waals surface area contributed by atoms with Gasteiger partial charge in [0.15, 0.2) is 9.84 Å². The lowest BCUT2D eigenvalue weighted by atomic mass is 9.92. The number of carboxylic acids is 1. The maximum atomic E-state index is 11.2. The SMILES string of the molecule is CCOC1(CC(=O)O)CCS(=O)(=O)CC1. The fraction of sp³-hybridized carbons (Fsp3) is 0.889. The zero-order valence-electron chi connectivity index (χ0n) is 8.73. The van der Waals surface area contributed by atoms with E-state index in [1.54, 1.807) is 6.92 Å². The Morgan fingerprint density at radius 3 is 2.33 bits per heavy atom. The first-order valence-electron chi connectivity index (χ1n) is 4.95. The molecule has 0 unspecified atom stereocenters. The van der Waals surface area contributed by atoms with Crippen molar-refractivity contribution < 1.29 is 23.1 Å². The highest BCUT2D eigenvalue weighted by Gasteiger charge is 2.39. The summed E-state index contributed by atoms with van der Waals surface area (Å²) in [5, 5.41) is 8.76. The smallest absolute Gasteiger partial charge is 0.306 e. The average Bonchev–Trinajstić information content (AvgIpc) is 2.10. The van der Waals surface area contributed by atoms with Crippen LogP contribution in [0.1, 0.15) is 26.2 Å². The minimum absolute atomic E-state index is 0.0281. The minimum atomic E-state index is -2.98. The molecule has 88 valence electrons. The second kappa shape index (κ2) is 4.49. The Kier molecular flexibility index (Phi) is 3.72. The van der Waals surface area contributed by atoms with Crippen molar-refractivity contribution in [3.05, 3.63) is 0 Å². The Labute approximate surface area is 89.3 Å². The molecule has 1 fully saturated rings. The van der Waals surface area contributed by atoms with Gasteiger partial charge in [-0.3, -0.25) is 4.79 Å². The largest absolute Gasteiger partial charge is 0.481 e. The molecule has 1 rings (SSSR count). The van der Waals surface area contributed by atoms with Crippen molar-refractivity contribution in [2.75, 3.05) is 18.1 Å². The number of hydrogen-bond acceptors (Lipinski definition) is 4. The van der Waals surface area contributed by atoms with Crippen LogP contribution in [-0.4, -0.2) is 43.2 Å². The Morgan fingerprint density at radius 1 is 1.40 bits per heavy atom. The Morgan fingerprint density at radius 2 is 1.93 bits per heavy atom. The molecular formula is C9H16O5S. The summed E-state index contributed by atoms with van der Waals surface area (Å²) in [5.74, 6) is -0.886. The van der Waals surface area contributed by atoms with Crippen molar-refractivity contribution in [2.45, 2.75) is 31.8 Å². The van der Waals surface area contributed by atoms with Crippen LogP contribution < -0.4 is 0 Å². The van der Waals surface area contributed by atoms with E-state index in [1.807, 2.05) is 0 Å². The second-order valence-corrected chi connectivity index (χ2v) is 6.14. The van der Waals surface area contributed by atoms with Crippen molar-refractivity contribution in [3.8, 4) is 0 Å². The van der Waals surface area contributed by atoms with Crippen LogP contribution >= 0.6 is 0 Å². The van der Waals surface area contributed by atoms with Gasteiger partial charge in [-0.15, -0.1) is 0 Å². The van der Waals surface area contributed by atoms with Crippen LogP contribution in [-0.2, 0) is 19.4 Å². The van der Waals surface area contributed by atoms with Gasteiger partial charge in [-0.2, -0.15) is 0 Å². The van der Waals surface area contributed by atoms with Crippen molar-refractivity contribution in [2.24, 2.45) is 0 Å². The molecule has 0 radical (unpaired) electrons. The predicted octanol–water partition coefficient (Wildman–Crippen LogP) is 0.445. The van der Waals surface area contributed by atoms with Crippen molar-refractivity contribution in [1.29, 1.82) is 0 Å². The zero-order valence-corrected chi connectivity index (χ0v) is 9.55. The van der Waals surface area contributed by atoms with E-state index >= 15 is 0 Å². The van der Waals surface area contributed by atoms with E-state index in [1.165, 1.54) is 0 Å². The molecule has 1 N–H and O–H groups in total. The monoisotopic (exact) mass is 236 g/mol. The number of rotatable bonds is 4. The fourth-order valence-electron chi connectivity index (χ4n) is 1.86. The van der Waals surface area contributed by atoms with Crippen LogP contribution in [0, 0.1) is 0 Å². The zero-order chi connectivity index (χ0) is 11.5. The summed E-state index contributed by atoms with van der Waals surface area (Å²) in [4.78, 5) is 10.7. The molecule has 1 heterocycles. The molecule has 0 spiro atoms. The van der Waals surface area contributed by atoms with E-state index in [4.69, 9.17) is 9.84 Å². The molecule has 0 bridgehead atoms. The number of sulfone groups is 1. The van der Waals surface area contributed by atoms with Gasteiger partial charge in [-0.1, -0.05) is 0 Å². The van der Waals surface area contributed by atoms with Gasteiger partial charge < -0.3 is 9.84 Å². The van der Waals surface area contributed by atoms with Gasteiger partial charge in [0.05, 0.1) is 23.5 Å². The summed E-state index contributed by atoms with van der Waals surface area (Å²) in [6.07, 6.45) is 0.460. The van der Waals surface area contributed by atoms with Gasteiger partial charge in [0, 0.05) is 6.61 Å². The molecule has 15 heavy (non-hydrogen) atoms. The summed E-state index contributed by atoms with van der Waals surface area (Å²) in [5.41, 5.74) is -0.772. The first-order valence-corrected chi connectivity index (χ1v) is 6.77. The molecule has 5 nitrogen and oxygen atoms in total.